The molecule has 0 atom stereocenters. The lowest BCUT2D eigenvalue weighted by Crippen LogP contribution is -2.58. The number of ether oxygens (including phenoxy) is 1. The van der Waals surface area contributed by atoms with Gasteiger partial charge in [0.15, 0.2) is 0 Å². The summed E-state index contributed by atoms with van der Waals surface area (Å²) in [7, 11) is -2.61. The molecule has 7 heteroatoms. The van der Waals surface area contributed by atoms with Crippen molar-refractivity contribution in [2.75, 3.05) is 26.7 Å². The fraction of sp³-hybridized carbons (Fsp3) is 0.889. The standard InChI is InChI=1S/C9H20N2O4S/c1-5-8-11(6-2,7-3)16(13,14)10-9(12)15-4/h5-8H2,1-4H3/p+1. The van der Waals surface area contributed by atoms with Gasteiger partial charge in [0.1, 0.15) is 0 Å². The van der Waals surface area contributed by atoms with Gasteiger partial charge in [-0.1, -0.05) is 6.92 Å². The van der Waals surface area contributed by atoms with Gasteiger partial charge in [-0.25, -0.2) is 8.68 Å². The van der Waals surface area contributed by atoms with Crippen molar-refractivity contribution < 1.29 is 21.8 Å². The quantitative estimate of drug-likeness (QED) is 0.712. The Balaban J connectivity index is 5.11. The first-order chi connectivity index (χ1) is 7.39. The van der Waals surface area contributed by atoms with Crippen LogP contribution in [0.15, 0.2) is 0 Å². The minimum atomic E-state index is -3.74. The van der Waals surface area contributed by atoms with Gasteiger partial charge in [-0.3, -0.25) is 0 Å². The van der Waals surface area contributed by atoms with Crippen molar-refractivity contribution >= 4 is 16.3 Å². The summed E-state index contributed by atoms with van der Waals surface area (Å²) in [5, 5.41) is 0. The van der Waals surface area contributed by atoms with Crippen LogP contribution in [0.25, 0.3) is 0 Å². The first kappa shape index (κ1) is 15.2. The van der Waals surface area contributed by atoms with E-state index in [1.165, 1.54) is 0 Å². The molecule has 0 saturated heterocycles. The van der Waals surface area contributed by atoms with Crippen LogP contribution in [0.5, 0.6) is 0 Å². The Hall–Kier alpha value is -0.820. The highest BCUT2D eigenvalue weighted by atomic mass is 32.2. The van der Waals surface area contributed by atoms with E-state index < -0.39 is 16.3 Å². The van der Waals surface area contributed by atoms with Crippen LogP contribution in [0.2, 0.25) is 0 Å². The van der Waals surface area contributed by atoms with Crippen molar-refractivity contribution in [2.24, 2.45) is 0 Å². The zero-order valence-electron chi connectivity index (χ0n) is 10.3. The van der Waals surface area contributed by atoms with E-state index in [0.29, 0.717) is 19.6 Å². The van der Waals surface area contributed by atoms with Crippen LogP contribution in [-0.4, -0.2) is 45.1 Å². The Morgan fingerprint density at radius 2 is 1.75 bits per heavy atom. The Kier molecular flexibility index (Phi) is 5.74. The second-order valence-corrected chi connectivity index (χ2v) is 5.41. The maximum absolute atomic E-state index is 12.0. The van der Waals surface area contributed by atoms with Gasteiger partial charge in [0.05, 0.1) is 26.7 Å². The maximum atomic E-state index is 12.0. The Morgan fingerprint density at radius 1 is 1.25 bits per heavy atom. The fourth-order valence-corrected chi connectivity index (χ4v) is 3.24. The predicted molar refractivity (Wildman–Crippen MR) is 61.0 cm³/mol. The molecule has 0 aromatic carbocycles. The number of hydrogen-bond donors (Lipinski definition) is 1. The van der Waals surface area contributed by atoms with Gasteiger partial charge in [0.25, 0.3) is 0 Å². The zero-order chi connectivity index (χ0) is 12.8. The molecule has 0 heterocycles. The molecule has 0 saturated carbocycles. The number of methoxy groups -OCH3 is 1. The number of carbonyl (C=O) groups is 1. The molecule has 0 unspecified atom stereocenters. The number of nitrogens with zero attached hydrogens (tertiary/aromatic N) is 1. The molecule has 0 aliphatic rings. The molecule has 0 bridgehead atoms. The van der Waals surface area contributed by atoms with E-state index in [0.717, 1.165) is 13.5 Å². The molecule has 1 N–H and O–H groups in total. The highest BCUT2D eigenvalue weighted by Crippen LogP contribution is 2.14. The third-order valence-electron chi connectivity index (χ3n) is 2.69. The summed E-state index contributed by atoms with van der Waals surface area (Å²) in [6.07, 6.45) is -0.218. The Bertz CT molecular complexity index is 322. The van der Waals surface area contributed by atoms with Crippen LogP contribution in [0.3, 0.4) is 0 Å². The van der Waals surface area contributed by atoms with E-state index in [9.17, 15) is 13.2 Å². The average Bonchev–Trinajstić information content (AvgIpc) is 2.24. The maximum Gasteiger partial charge on any atom is 0.424 e. The van der Waals surface area contributed by atoms with Crippen LogP contribution < -0.4 is 4.72 Å². The van der Waals surface area contributed by atoms with E-state index in [4.69, 9.17) is 0 Å². The van der Waals surface area contributed by atoms with Crippen molar-refractivity contribution in [1.29, 1.82) is 0 Å². The number of amides is 1. The highest BCUT2D eigenvalue weighted by Gasteiger charge is 2.39. The number of quaternary nitrogens is 1. The van der Waals surface area contributed by atoms with Crippen molar-refractivity contribution in [3.05, 3.63) is 0 Å². The van der Waals surface area contributed by atoms with Crippen LogP contribution in [0.4, 0.5) is 4.79 Å². The van der Waals surface area contributed by atoms with Crippen LogP contribution in [0.1, 0.15) is 27.2 Å². The minimum absolute atomic E-state index is 0.154. The number of rotatable bonds is 6. The molecule has 0 aromatic rings. The molecule has 0 spiro atoms. The van der Waals surface area contributed by atoms with Crippen molar-refractivity contribution in [1.82, 2.24) is 4.72 Å². The molecule has 0 aliphatic carbocycles. The van der Waals surface area contributed by atoms with Gasteiger partial charge in [-0.15, -0.1) is 0 Å². The van der Waals surface area contributed by atoms with Gasteiger partial charge in [0.2, 0.25) is 0 Å². The monoisotopic (exact) mass is 253 g/mol. The van der Waals surface area contributed by atoms with E-state index in [1.54, 1.807) is 13.8 Å². The largest absolute Gasteiger partial charge is 0.452 e. The van der Waals surface area contributed by atoms with Crippen LogP contribution in [-0.2, 0) is 14.9 Å². The van der Waals surface area contributed by atoms with Crippen LogP contribution >= 0.6 is 0 Å². The molecular weight excluding hydrogens is 232 g/mol. The van der Waals surface area contributed by atoms with Crippen LogP contribution in [0, 0.1) is 0 Å². The normalized spacial score (nSPS) is 12.2. The zero-order valence-corrected chi connectivity index (χ0v) is 11.1. The van der Waals surface area contributed by atoms with Gasteiger partial charge in [0, 0.05) is 0 Å². The number of nitrogens with one attached hydrogen (secondary N) is 1. The fourth-order valence-electron chi connectivity index (χ4n) is 1.65. The minimum Gasteiger partial charge on any atom is -0.452 e. The molecule has 6 nitrogen and oxygen atoms in total. The predicted octanol–water partition coefficient (Wildman–Crippen LogP) is 0.854. The molecule has 1 amide bonds. The van der Waals surface area contributed by atoms with E-state index >= 15 is 0 Å². The summed E-state index contributed by atoms with van der Waals surface area (Å²) in [6.45, 7) is 6.78. The number of carbonyl (C=O) groups excluding carboxylic acids is 1. The van der Waals surface area contributed by atoms with E-state index in [-0.39, 0.29) is 3.89 Å². The number of hydrogen-bond acceptors (Lipinski definition) is 4. The molecule has 0 fully saturated rings. The van der Waals surface area contributed by atoms with Gasteiger partial charge < -0.3 is 4.74 Å². The SMILES string of the molecule is CCC[N+](CC)(CC)S(=O)(=O)NC(=O)OC. The van der Waals surface area contributed by atoms with Crippen molar-refractivity contribution in [2.45, 2.75) is 27.2 Å². The van der Waals surface area contributed by atoms with Gasteiger partial charge in [-0.05, 0) is 20.3 Å². The first-order valence-corrected chi connectivity index (χ1v) is 6.80. The summed E-state index contributed by atoms with van der Waals surface area (Å²) in [4.78, 5) is 11.0. The molecule has 0 aliphatic heterocycles. The second-order valence-electron chi connectivity index (χ2n) is 3.48. The summed E-state index contributed by atoms with van der Waals surface area (Å²) in [6, 6.07) is 0. The molecular formula is C9H21N2O4S+. The molecule has 0 radical (unpaired) electrons. The molecule has 0 rings (SSSR count). The lowest BCUT2D eigenvalue weighted by atomic mass is 10.4. The lowest BCUT2D eigenvalue weighted by molar-refractivity contribution is -0.803. The molecule has 96 valence electrons. The molecule has 16 heavy (non-hydrogen) atoms. The summed E-state index contributed by atoms with van der Waals surface area (Å²) in [5.74, 6) is 0. The first-order valence-electron chi connectivity index (χ1n) is 5.36. The van der Waals surface area contributed by atoms with Gasteiger partial charge in [-0.2, -0.15) is 13.1 Å². The lowest BCUT2D eigenvalue weighted by Gasteiger charge is -2.33. The van der Waals surface area contributed by atoms with Crippen molar-refractivity contribution in [3.8, 4) is 0 Å². The Morgan fingerprint density at radius 3 is 2.06 bits per heavy atom. The van der Waals surface area contributed by atoms with E-state index in [1.807, 2.05) is 11.6 Å². The smallest absolute Gasteiger partial charge is 0.424 e. The highest BCUT2D eigenvalue weighted by molar-refractivity contribution is 7.84. The topological polar surface area (TPSA) is 72.5 Å². The summed E-state index contributed by atoms with van der Waals surface area (Å²) >= 11 is 0. The average molecular weight is 253 g/mol. The summed E-state index contributed by atoms with van der Waals surface area (Å²) in [5.41, 5.74) is 0. The van der Waals surface area contributed by atoms with Crippen molar-refractivity contribution in [3.63, 3.8) is 0 Å². The third-order valence-corrected chi connectivity index (χ3v) is 4.83. The Labute approximate surface area is 97.3 Å². The second kappa shape index (κ2) is 6.05. The third kappa shape index (κ3) is 3.08. The van der Waals surface area contributed by atoms with Gasteiger partial charge >= 0.3 is 16.3 Å². The summed E-state index contributed by atoms with van der Waals surface area (Å²) < 4.78 is 30.1. The molecule has 0 aromatic heterocycles. The van der Waals surface area contributed by atoms with E-state index in [2.05, 4.69) is 4.74 Å².